The zero-order valence-corrected chi connectivity index (χ0v) is 17.1. The first-order chi connectivity index (χ1) is 15.0. The number of amides is 1. The molecule has 0 aliphatic carbocycles. The van der Waals surface area contributed by atoms with Crippen molar-refractivity contribution in [2.24, 2.45) is 0 Å². The van der Waals surface area contributed by atoms with Gasteiger partial charge in [-0.2, -0.15) is 4.68 Å². The van der Waals surface area contributed by atoms with Crippen molar-refractivity contribution in [2.45, 2.75) is 16.6 Å². The van der Waals surface area contributed by atoms with Crippen LogP contribution in [0, 0.1) is 10.1 Å². The van der Waals surface area contributed by atoms with Gasteiger partial charge in [-0.25, -0.2) is 0 Å². The maximum absolute atomic E-state index is 13.1. The molecule has 0 spiro atoms. The highest BCUT2D eigenvalue weighted by molar-refractivity contribution is 7.99. The summed E-state index contributed by atoms with van der Waals surface area (Å²) in [6, 6.07) is 16.9. The Morgan fingerprint density at radius 1 is 1.19 bits per heavy atom. The molecular formula is C20H16N6O4S. The Hall–Kier alpha value is -3.99. The first-order valence-corrected chi connectivity index (χ1v) is 9.92. The quantitative estimate of drug-likeness (QED) is 0.318. The lowest BCUT2D eigenvalue weighted by molar-refractivity contribution is -0.384. The third kappa shape index (κ3) is 4.46. The Kier molecular flexibility index (Phi) is 5.76. The lowest BCUT2D eigenvalue weighted by Gasteiger charge is -2.17. The van der Waals surface area contributed by atoms with Crippen LogP contribution in [0.4, 0.5) is 5.69 Å². The van der Waals surface area contributed by atoms with E-state index in [0.29, 0.717) is 15.8 Å². The van der Waals surface area contributed by atoms with Gasteiger partial charge >= 0.3 is 0 Å². The first kappa shape index (κ1) is 20.3. The second-order valence-electron chi connectivity index (χ2n) is 6.49. The fraction of sp³-hybridized carbons (Fsp3) is 0.100. The van der Waals surface area contributed by atoms with Crippen LogP contribution in [-0.4, -0.2) is 43.0 Å². The van der Waals surface area contributed by atoms with E-state index in [-0.39, 0.29) is 23.7 Å². The summed E-state index contributed by atoms with van der Waals surface area (Å²) in [4.78, 5) is 25.8. The third-order valence-electron chi connectivity index (χ3n) is 4.37. The Bertz CT molecular complexity index is 1210. The molecule has 0 saturated heterocycles. The molecule has 0 unspecified atom stereocenters. The van der Waals surface area contributed by atoms with Gasteiger partial charge in [0.15, 0.2) is 0 Å². The average molecular weight is 436 g/mol. The van der Waals surface area contributed by atoms with Gasteiger partial charge in [0.05, 0.1) is 29.0 Å². The SMILES string of the molecule is CN(Cc1ccco1)C(=O)c1cc([N+](=O)[O-])ccc1Sc1nnnn1-c1ccccc1. The smallest absolute Gasteiger partial charge is 0.270 e. The van der Waals surface area contributed by atoms with E-state index in [1.807, 2.05) is 30.3 Å². The molecule has 11 heteroatoms. The molecule has 0 N–H and O–H groups in total. The van der Waals surface area contributed by atoms with Crippen LogP contribution in [0.25, 0.3) is 5.69 Å². The van der Waals surface area contributed by atoms with Crippen LogP contribution in [-0.2, 0) is 6.54 Å². The molecule has 2 heterocycles. The lowest BCUT2D eigenvalue weighted by Crippen LogP contribution is -2.26. The number of nitrogens with zero attached hydrogens (tertiary/aromatic N) is 6. The van der Waals surface area contributed by atoms with Crippen molar-refractivity contribution in [3.8, 4) is 5.69 Å². The molecule has 0 aliphatic rings. The van der Waals surface area contributed by atoms with Gasteiger partial charge in [-0.15, -0.1) is 5.10 Å². The van der Waals surface area contributed by atoms with Crippen LogP contribution in [0.5, 0.6) is 0 Å². The largest absolute Gasteiger partial charge is 0.467 e. The van der Waals surface area contributed by atoms with Crippen molar-refractivity contribution < 1.29 is 14.1 Å². The predicted octanol–water partition coefficient (Wildman–Crippen LogP) is 3.59. The number of para-hydroxylation sites is 1. The van der Waals surface area contributed by atoms with E-state index in [2.05, 4.69) is 15.5 Å². The second-order valence-corrected chi connectivity index (χ2v) is 7.50. The number of benzene rings is 2. The number of nitro benzene ring substituents is 1. The molecule has 1 amide bonds. The number of rotatable bonds is 7. The number of carbonyl (C=O) groups excluding carboxylic acids is 1. The van der Waals surface area contributed by atoms with Crippen molar-refractivity contribution >= 4 is 23.4 Å². The van der Waals surface area contributed by atoms with Crippen molar-refractivity contribution in [3.05, 3.63) is 88.4 Å². The molecule has 0 bridgehead atoms. The van der Waals surface area contributed by atoms with Crippen molar-refractivity contribution in [2.75, 3.05) is 7.05 Å². The summed E-state index contributed by atoms with van der Waals surface area (Å²) in [5.41, 5.74) is 0.748. The van der Waals surface area contributed by atoms with E-state index in [0.717, 1.165) is 17.4 Å². The van der Waals surface area contributed by atoms with Crippen LogP contribution in [0.15, 0.2) is 81.4 Å². The Morgan fingerprint density at radius 3 is 2.71 bits per heavy atom. The zero-order chi connectivity index (χ0) is 21.8. The summed E-state index contributed by atoms with van der Waals surface area (Å²) in [6.07, 6.45) is 1.52. The number of hydrogen-bond acceptors (Lipinski definition) is 8. The summed E-state index contributed by atoms with van der Waals surface area (Å²) in [5.74, 6) is 0.213. The molecular weight excluding hydrogens is 420 g/mol. The zero-order valence-electron chi connectivity index (χ0n) is 16.3. The number of non-ortho nitro benzene ring substituents is 1. The van der Waals surface area contributed by atoms with Crippen LogP contribution < -0.4 is 0 Å². The molecule has 4 rings (SSSR count). The van der Waals surface area contributed by atoms with Crippen LogP contribution in [0.2, 0.25) is 0 Å². The van der Waals surface area contributed by atoms with Gasteiger partial charge < -0.3 is 9.32 Å². The van der Waals surface area contributed by atoms with Gasteiger partial charge in [-0.3, -0.25) is 14.9 Å². The van der Waals surface area contributed by atoms with Gasteiger partial charge in [-0.05, 0) is 52.5 Å². The molecule has 2 aromatic carbocycles. The van der Waals surface area contributed by atoms with E-state index in [1.54, 1.807) is 19.2 Å². The number of carbonyl (C=O) groups is 1. The Labute approximate surface area is 180 Å². The highest BCUT2D eigenvalue weighted by atomic mass is 32.2. The van der Waals surface area contributed by atoms with Crippen molar-refractivity contribution in [1.82, 2.24) is 25.1 Å². The predicted molar refractivity (Wildman–Crippen MR) is 111 cm³/mol. The maximum atomic E-state index is 13.1. The highest BCUT2D eigenvalue weighted by Gasteiger charge is 2.23. The maximum Gasteiger partial charge on any atom is 0.270 e. The van der Waals surface area contributed by atoms with Gasteiger partial charge in [0, 0.05) is 24.1 Å². The van der Waals surface area contributed by atoms with E-state index in [4.69, 9.17) is 4.42 Å². The molecule has 0 fully saturated rings. The number of tetrazole rings is 1. The van der Waals surface area contributed by atoms with E-state index >= 15 is 0 Å². The lowest BCUT2D eigenvalue weighted by atomic mass is 10.1. The van der Waals surface area contributed by atoms with E-state index in [1.165, 1.54) is 34.0 Å². The fourth-order valence-electron chi connectivity index (χ4n) is 2.87. The summed E-state index contributed by atoms with van der Waals surface area (Å²) in [7, 11) is 1.60. The Balaban J connectivity index is 1.68. The second kappa shape index (κ2) is 8.79. The summed E-state index contributed by atoms with van der Waals surface area (Å²) in [5, 5.41) is 23.5. The van der Waals surface area contributed by atoms with Gasteiger partial charge in [0.2, 0.25) is 5.16 Å². The fourth-order valence-corrected chi connectivity index (χ4v) is 3.77. The minimum Gasteiger partial charge on any atom is -0.467 e. The minimum absolute atomic E-state index is 0.177. The summed E-state index contributed by atoms with van der Waals surface area (Å²) < 4.78 is 6.83. The molecule has 2 aromatic heterocycles. The molecule has 4 aromatic rings. The molecule has 0 atom stereocenters. The summed E-state index contributed by atoms with van der Waals surface area (Å²) in [6.45, 7) is 0.223. The monoisotopic (exact) mass is 436 g/mol. The van der Waals surface area contributed by atoms with Crippen LogP contribution in [0.1, 0.15) is 16.1 Å². The number of aromatic nitrogens is 4. The first-order valence-electron chi connectivity index (χ1n) is 9.11. The minimum atomic E-state index is -0.536. The third-order valence-corrected chi connectivity index (χ3v) is 5.38. The average Bonchev–Trinajstić information content (AvgIpc) is 3.46. The normalized spacial score (nSPS) is 10.7. The molecule has 0 saturated carbocycles. The topological polar surface area (TPSA) is 120 Å². The standard InChI is InChI=1S/C20H16N6O4S/c1-24(13-16-8-5-11-30-16)19(27)17-12-15(26(28)29)9-10-18(17)31-20-21-22-23-25(20)14-6-3-2-4-7-14/h2-12H,13H2,1H3. The van der Waals surface area contributed by atoms with E-state index < -0.39 is 4.92 Å². The number of nitro groups is 1. The number of furan rings is 1. The van der Waals surface area contributed by atoms with Crippen LogP contribution in [0.3, 0.4) is 0 Å². The Morgan fingerprint density at radius 2 is 2.00 bits per heavy atom. The van der Waals surface area contributed by atoms with Crippen molar-refractivity contribution in [1.29, 1.82) is 0 Å². The molecule has 0 aliphatic heterocycles. The van der Waals surface area contributed by atoms with E-state index in [9.17, 15) is 14.9 Å². The van der Waals surface area contributed by atoms with Gasteiger partial charge in [0.1, 0.15) is 5.76 Å². The van der Waals surface area contributed by atoms with Crippen LogP contribution >= 0.6 is 11.8 Å². The van der Waals surface area contributed by atoms with Gasteiger partial charge in [-0.1, -0.05) is 18.2 Å². The molecule has 0 radical (unpaired) electrons. The summed E-state index contributed by atoms with van der Waals surface area (Å²) >= 11 is 1.15. The van der Waals surface area contributed by atoms with Crippen molar-refractivity contribution in [3.63, 3.8) is 0 Å². The molecule has 156 valence electrons. The molecule has 31 heavy (non-hydrogen) atoms. The number of hydrogen-bond donors (Lipinski definition) is 0. The highest BCUT2D eigenvalue weighted by Crippen LogP contribution is 2.33. The molecule has 10 nitrogen and oxygen atoms in total. The van der Waals surface area contributed by atoms with Gasteiger partial charge in [0.25, 0.3) is 11.6 Å².